The number of nitrogens with one attached hydrogen (secondary N) is 2. The molecule has 0 aliphatic carbocycles. The summed E-state index contributed by atoms with van der Waals surface area (Å²) in [6.07, 6.45) is 1.45. The molecule has 2 N–H and O–H groups in total. The average Bonchev–Trinajstić information content (AvgIpc) is 2.18. The molecule has 4 heteroatoms. The molecular weight excluding hydrogens is 180 g/mol. The second-order valence-electron chi connectivity index (χ2n) is 3.00. The van der Waals surface area contributed by atoms with E-state index in [1.54, 1.807) is 0 Å². The summed E-state index contributed by atoms with van der Waals surface area (Å²) >= 11 is 0. The first-order valence-electron chi connectivity index (χ1n) is 5.36. The lowest BCUT2D eigenvalue weighted by molar-refractivity contribution is -0.121. The third kappa shape index (κ3) is 9.48. The van der Waals surface area contributed by atoms with Crippen molar-refractivity contribution >= 4 is 5.91 Å². The molecule has 14 heavy (non-hydrogen) atoms. The van der Waals surface area contributed by atoms with Gasteiger partial charge in [0.15, 0.2) is 0 Å². The lowest BCUT2D eigenvalue weighted by Gasteiger charge is -2.05. The molecule has 0 atom stereocenters. The highest BCUT2D eigenvalue weighted by molar-refractivity contribution is 5.75. The number of carbonyl (C=O) groups is 1. The van der Waals surface area contributed by atoms with E-state index in [-0.39, 0.29) is 5.91 Å². The minimum atomic E-state index is 0.113. The monoisotopic (exact) mass is 202 g/mol. The van der Waals surface area contributed by atoms with Crippen molar-refractivity contribution in [2.75, 3.05) is 32.8 Å². The van der Waals surface area contributed by atoms with Crippen LogP contribution >= 0.6 is 0 Å². The summed E-state index contributed by atoms with van der Waals surface area (Å²) in [5.74, 6) is 0.113. The van der Waals surface area contributed by atoms with E-state index in [1.807, 2.05) is 13.8 Å². The predicted molar refractivity (Wildman–Crippen MR) is 57.3 cm³/mol. The number of amides is 1. The fraction of sp³-hybridized carbons (Fsp3) is 0.900. The van der Waals surface area contributed by atoms with Crippen LogP contribution in [-0.2, 0) is 9.53 Å². The zero-order valence-electron chi connectivity index (χ0n) is 9.27. The summed E-state index contributed by atoms with van der Waals surface area (Å²) in [5, 5.41) is 5.95. The first kappa shape index (κ1) is 13.4. The minimum absolute atomic E-state index is 0.113. The van der Waals surface area contributed by atoms with Crippen molar-refractivity contribution in [2.24, 2.45) is 0 Å². The summed E-state index contributed by atoms with van der Waals surface area (Å²) in [6, 6.07) is 0. The molecule has 1 amide bonds. The van der Waals surface area contributed by atoms with Gasteiger partial charge in [-0.2, -0.15) is 0 Å². The van der Waals surface area contributed by atoms with Crippen molar-refractivity contribution < 1.29 is 9.53 Å². The molecule has 0 aromatic heterocycles. The first-order valence-corrected chi connectivity index (χ1v) is 5.36. The van der Waals surface area contributed by atoms with Crippen LogP contribution in [0.25, 0.3) is 0 Å². The van der Waals surface area contributed by atoms with Gasteiger partial charge in [-0.3, -0.25) is 4.79 Å². The van der Waals surface area contributed by atoms with E-state index in [9.17, 15) is 4.79 Å². The molecule has 0 unspecified atom stereocenters. The Kier molecular flexibility index (Phi) is 10.0. The molecule has 0 heterocycles. The topological polar surface area (TPSA) is 50.4 Å². The van der Waals surface area contributed by atoms with Gasteiger partial charge in [-0.1, -0.05) is 6.92 Å². The molecular formula is C10H22N2O2. The van der Waals surface area contributed by atoms with Crippen LogP contribution in [0.15, 0.2) is 0 Å². The predicted octanol–water partition coefficient (Wildman–Crippen LogP) is 0.529. The third-order valence-electron chi connectivity index (χ3n) is 1.77. The molecule has 0 fully saturated rings. The van der Waals surface area contributed by atoms with E-state index in [1.165, 1.54) is 0 Å². The van der Waals surface area contributed by atoms with Crippen LogP contribution in [-0.4, -0.2) is 38.8 Å². The number of hydrogen-bond donors (Lipinski definition) is 2. The van der Waals surface area contributed by atoms with Gasteiger partial charge in [0.1, 0.15) is 0 Å². The van der Waals surface area contributed by atoms with Crippen LogP contribution in [0.4, 0.5) is 0 Å². The van der Waals surface area contributed by atoms with Crippen LogP contribution in [0.2, 0.25) is 0 Å². The maximum Gasteiger partial charge on any atom is 0.221 e. The lowest BCUT2D eigenvalue weighted by Crippen LogP contribution is -2.28. The SMILES string of the molecule is CCNCCC(=O)NCCCOCC. The quantitative estimate of drug-likeness (QED) is 0.536. The molecule has 0 aromatic rings. The maximum atomic E-state index is 11.2. The van der Waals surface area contributed by atoms with Gasteiger partial charge in [-0.05, 0) is 19.9 Å². The van der Waals surface area contributed by atoms with Crippen LogP contribution in [0, 0.1) is 0 Å². The highest BCUT2D eigenvalue weighted by Crippen LogP contribution is 1.82. The zero-order valence-corrected chi connectivity index (χ0v) is 9.27. The number of ether oxygens (including phenoxy) is 1. The fourth-order valence-corrected chi connectivity index (χ4v) is 1.01. The second-order valence-corrected chi connectivity index (χ2v) is 3.00. The van der Waals surface area contributed by atoms with Crippen molar-refractivity contribution in [3.8, 4) is 0 Å². The smallest absolute Gasteiger partial charge is 0.221 e. The second kappa shape index (κ2) is 10.5. The molecule has 0 aliphatic heterocycles. The number of hydrogen-bond acceptors (Lipinski definition) is 3. The largest absolute Gasteiger partial charge is 0.382 e. The van der Waals surface area contributed by atoms with Gasteiger partial charge < -0.3 is 15.4 Å². The van der Waals surface area contributed by atoms with Gasteiger partial charge in [-0.25, -0.2) is 0 Å². The Morgan fingerprint density at radius 1 is 1.29 bits per heavy atom. The van der Waals surface area contributed by atoms with Crippen LogP contribution in [0.5, 0.6) is 0 Å². The van der Waals surface area contributed by atoms with Gasteiger partial charge in [0.05, 0.1) is 0 Å². The molecule has 84 valence electrons. The highest BCUT2D eigenvalue weighted by Gasteiger charge is 1.98. The summed E-state index contributed by atoms with van der Waals surface area (Å²) in [5.41, 5.74) is 0. The molecule has 0 saturated carbocycles. The van der Waals surface area contributed by atoms with Crippen molar-refractivity contribution in [3.05, 3.63) is 0 Å². The van der Waals surface area contributed by atoms with Crippen molar-refractivity contribution in [1.29, 1.82) is 0 Å². The summed E-state index contributed by atoms with van der Waals surface area (Å²) in [7, 11) is 0. The van der Waals surface area contributed by atoms with E-state index >= 15 is 0 Å². The molecule has 0 rings (SSSR count). The minimum Gasteiger partial charge on any atom is -0.382 e. The Bertz CT molecular complexity index is 140. The summed E-state index contributed by atoms with van der Waals surface area (Å²) < 4.78 is 5.15. The van der Waals surface area contributed by atoms with Gasteiger partial charge in [-0.15, -0.1) is 0 Å². The maximum absolute atomic E-state index is 11.2. The summed E-state index contributed by atoms with van der Waals surface area (Å²) in [6.45, 7) is 7.85. The average molecular weight is 202 g/mol. The third-order valence-corrected chi connectivity index (χ3v) is 1.77. The van der Waals surface area contributed by atoms with Crippen molar-refractivity contribution in [2.45, 2.75) is 26.7 Å². The molecule has 0 spiro atoms. The Hall–Kier alpha value is -0.610. The Morgan fingerprint density at radius 3 is 2.71 bits per heavy atom. The lowest BCUT2D eigenvalue weighted by atomic mass is 10.3. The van der Waals surface area contributed by atoms with Gasteiger partial charge in [0.2, 0.25) is 5.91 Å². The molecule has 0 radical (unpaired) electrons. The first-order chi connectivity index (χ1) is 6.81. The van der Waals surface area contributed by atoms with Gasteiger partial charge in [0, 0.05) is 32.7 Å². The van der Waals surface area contributed by atoms with Crippen LogP contribution < -0.4 is 10.6 Å². The molecule has 4 nitrogen and oxygen atoms in total. The Labute approximate surface area is 86.4 Å². The van der Waals surface area contributed by atoms with Crippen LogP contribution in [0.1, 0.15) is 26.7 Å². The van der Waals surface area contributed by atoms with E-state index in [4.69, 9.17) is 4.74 Å². The van der Waals surface area contributed by atoms with Gasteiger partial charge >= 0.3 is 0 Å². The van der Waals surface area contributed by atoms with E-state index in [2.05, 4.69) is 10.6 Å². The zero-order chi connectivity index (χ0) is 10.6. The highest BCUT2D eigenvalue weighted by atomic mass is 16.5. The normalized spacial score (nSPS) is 10.1. The Balaban J connectivity index is 3.10. The number of rotatable bonds is 9. The summed E-state index contributed by atoms with van der Waals surface area (Å²) in [4.78, 5) is 11.2. The van der Waals surface area contributed by atoms with Crippen molar-refractivity contribution in [1.82, 2.24) is 10.6 Å². The standard InChI is InChI=1S/C10H22N2O2/c1-3-11-8-6-10(13)12-7-5-9-14-4-2/h11H,3-9H2,1-2H3,(H,12,13). The van der Waals surface area contributed by atoms with E-state index in [0.29, 0.717) is 13.0 Å². The molecule has 0 bridgehead atoms. The van der Waals surface area contributed by atoms with Gasteiger partial charge in [0.25, 0.3) is 0 Å². The van der Waals surface area contributed by atoms with E-state index in [0.717, 1.165) is 32.7 Å². The fourth-order valence-electron chi connectivity index (χ4n) is 1.01. The van der Waals surface area contributed by atoms with Crippen LogP contribution in [0.3, 0.4) is 0 Å². The molecule has 0 aliphatic rings. The molecule has 0 aromatic carbocycles. The van der Waals surface area contributed by atoms with E-state index < -0.39 is 0 Å². The Morgan fingerprint density at radius 2 is 2.07 bits per heavy atom. The number of carbonyl (C=O) groups excluding carboxylic acids is 1. The molecule has 0 saturated heterocycles. The van der Waals surface area contributed by atoms with Crippen molar-refractivity contribution in [3.63, 3.8) is 0 Å².